The van der Waals surface area contributed by atoms with Crippen molar-refractivity contribution in [2.75, 3.05) is 17.9 Å². The molecule has 0 aliphatic carbocycles. The van der Waals surface area contributed by atoms with Crippen LogP contribution in [0.4, 0.5) is 32.0 Å². The smallest absolute Gasteiger partial charge is 0.422 e. The normalized spacial score (nSPS) is 12.5. The number of sulfonamides is 1. The van der Waals surface area contributed by atoms with E-state index in [-0.39, 0.29) is 16.1 Å². The third-order valence-corrected chi connectivity index (χ3v) is 5.61. The second-order valence-corrected chi connectivity index (χ2v) is 8.53. The number of anilines is 1. The molecule has 0 amide bonds. The molecule has 1 N–H and O–H groups in total. The Hall–Kier alpha value is -2.34. The SMILES string of the molecule is Cc1cc(S(=O)(=O)Nc2cc(OCC(F)(F)F)cc(OCC(F)(F)F)c2)c(C)cc1Cl. The van der Waals surface area contributed by atoms with Gasteiger partial charge in [-0.3, -0.25) is 4.72 Å². The minimum absolute atomic E-state index is 0.172. The maximum absolute atomic E-state index is 12.7. The molecule has 0 aliphatic rings. The van der Waals surface area contributed by atoms with Crippen molar-refractivity contribution in [2.24, 2.45) is 0 Å². The summed E-state index contributed by atoms with van der Waals surface area (Å²) in [5, 5.41) is 0.321. The van der Waals surface area contributed by atoms with Crippen molar-refractivity contribution in [3.8, 4) is 11.5 Å². The number of hydrogen-bond acceptors (Lipinski definition) is 4. The third kappa shape index (κ3) is 7.69. The third-order valence-electron chi connectivity index (χ3n) is 3.68. The van der Waals surface area contributed by atoms with Crippen LogP contribution < -0.4 is 14.2 Å². The zero-order valence-electron chi connectivity index (χ0n) is 16.0. The van der Waals surface area contributed by atoms with E-state index in [9.17, 15) is 34.8 Å². The van der Waals surface area contributed by atoms with Gasteiger partial charge in [0, 0.05) is 23.2 Å². The molecule has 2 aromatic carbocycles. The summed E-state index contributed by atoms with van der Waals surface area (Å²) in [6.45, 7) is -0.440. The summed E-state index contributed by atoms with van der Waals surface area (Å²) in [7, 11) is -4.27. The Morgan fingerprint density at radius 2 is 1.32 bits per heavy atom. The second kappa shape index (κ2) is 9.03. The molecule has 0 saturated heterocycles. The molecule has 13 heteroatoms. The fraction of sp³-hybridized carbons (Fsp3) is 0.333. The first-order valence-corrected chi connectivity index (χ1v) is 10.3. The Morgan fingerprint density at radius 1 is 0.839 bits per heavy atom. The molecule has 2 aromatic rings. The molecule has 0 bridgehead atoms. The number of rotatable bonds is 7. The Kier molecular flexibility index (Phi) is 7.26. The van der Waals surface area contributed by atoms with Gasteiger partial charge in [0.05, 0.1) is 10.6 Å². The summed E-state index contributed by atoms with van der Waals surface area (Å²) in [6.07, 6.45) is -9.44. The van der Waals surface area contributed by atoms with Crippen LogP contribution in [-0.4, -0.2) is 34.0 Å². The van der Waals surface area contributed by atoms with Gasteiger partial charge in [-0.15, -0.1) is 0 Å². The molecule has 0 aromatic heterocycles. The number of ether oxygens (including phenoxy) is 2. The highest BCUT2D eigenvalue weighted by molar-refractivity contribution is 7.92. The van der Waals surface area contributed by atoms with Crippen molar-refractivity contribution < 1.29 is 44.2 Å². The fourth-order valence-corrected chi connectivity index (χ4v) is 3.95. The van der Waals surface area contributed by atoms with E-state index in [1.807, 2.05) is 0 Å². The summed E-state index contributed by atoms with van der Waals surface area (Å²) in [5.74, 6) is -1.09. The minimum Gasteiger partial charge on any atom is -0.484 e. The summed E-state index contributed by atoms with van der Waals surface area (Å²) < 4.78 is 111. The molecule has 0 heterocycles. The molecule has 5 nitrogen and oxygen atoms in total. The number of aryl methyl sites for hydroxylation is 2. The van der Waals surface area contributed by atoms with Gasteiger partial charge < -0.3 is 9.47 Å². The highest BCUT2D eigenvalue weighted by Crippen LogP contribution is 2.31. The van der Waals surface area contributed by atoms with Gasteiger partial charge >= 0.3 is 12.4 Å². The van der Waals surface area contributed by atoms with E-state index < -0.39 is 47.1 Å². The van der Waals surface area contributed by atoms with Crippen LogP contribution in [0.2, 0.25) is 5.02 Å². The molecule has 31 heavy (non-hydrogen) atoms. The van der Waals surface area contributed by atoms with E-state index in [4.69, 9.17) is 11.6 Å². The molecule has 2 rings (SSSR count). The predicted octanol–water partition coefficient (Wildman–Crippen LogP) is 5.64. The van der Waals surface area contributed by atoms with Crippen LogP contribution in [0.3, 0.4) is 0 Å². The lowest BCUT2D eigenvalue weighted by Crippen LogP contribution is -2.20. The van der Waals surface area contributed by atoms with Crippen molar-refractivity contribution in [1.29, 1.82) is 0 Å². The molecule has 0 saturated carbocycles. The topological polar surface area (TPSA) is 64.6 Å². The summed E-state index contributed by atoms with van der Waals surface area (Å²) >= 11 is 5.95. The van der Waals surface area contributed by atoms with Crippen molar-refractivity contribution in [3.05, 3.63) is 46.5 Å². The van der Waals surface area contributed by atoms with Crippen LogP contribution in [0.15, 0.2) is 35.2 Å². The van der Waals surface area contributed by atoms with E-state index in [1.165, 1.54) is 19.1 Å². The van der Waals surface area contributed by atoms with Crippen molar-refractivity contribution in [2.45, 2.75) is 31.1 Å². The van der Waals surface area contributed by atoms with E-state index in [0.29, 0.717) is 10.6 Å². The van der Waals surface area contributed by atoms with Gasteiger partial charge in [-0.05, 0) is 37.1 Å². The largest absolute Gasteiger partial charge is 0.484 e. The predicted molar refractivity (Wildman–Crippen MR) is 101 cm³/mol. The summed E-state index contributed by atoms with van der Waals surface area (Å²) in [5.41, 5.74) is 0.370. The molecule has 0 radical (unpaired) electrons. The Morgan fingerprint density at radius 3 is 1.77 bits per heavy atom. The highest BCUT2D eigenvalue weighted by Gasteiger charge is 2.30. The lowest BCUT2D eigenvalue weighted by molar-refractivity contribution is -0.153. The monoisotopic (exact) mass is 491 g/mol. The van der Waals surface area contributed by atoms with Crippen LogP contribution in [0.25, 0.3) is 0 Å². The van der Waals surface area contributed by atoms with Gasteiger partial charge in [0.2, 0.25) is 0 Å². The van der Waals surface area contributed by atoms with Crippen molar-refractivity contribution in [3.63, 3.8) is 0 Å². The van der Waals surface area contributed by atoms with E-state index in [1.54, 1.807) is 6.92 Å². The van der Waals surface area contributed by atoms with Gasteiger partial charge in [-0.2, -0.15) is 26.3 Å². The number of benzene rings is 2. The first kappa shape index (κ1) is 24.9. The quantitative estimate of drug-likeness (QED) is 0.509. The van der Waals surface area contributed by atoms with Crippen LogP contribution in [0, 0.1) is 13.8 Å². The lowest BCUT2D eigenvalue weighted by Gasteiger charge is -2.16. The first-order chi connectivity index (χ1) is 14.1. The Balaban J connectivity index is 2.40. The first-order valence-electron chi connectivity index (χ1n) is 8.39. The molecule has 0 spiro atoms. The minimum atomic E-state index is -4.72. The van der Waals surface area contributed by atoms with E-state index in [2.05, 4.69) is 14.2 Å². The van der Waals surface area contributed by atoms with Gasteiger partial charge in [-0.1, -0.05) is 11.6 Å². The van der Waals surface area contributed by atoms with Gasteiger partial charge in [0.1, 0.15) is 11.5 Å². The van der Waals surface area contributed by atoms with Crippen LogP contribution >= 0.6 is 11.6 Å². The summed E-state index contributed by atoms with van der Waals surface area (Å²) in [6, 6.07) is 5.26. The second-order valence-electron chi connectivity index (χ2n) is 6.47. The molecule has 0 fully saturated rings. The average Bonchev–Trinajstić information content (AvgIpc) is 2.59. The van der Waals surface area contributed by atoms with E-state index >= 15 is 0 Å². The molecular weight excluding hydrogens is 476 g/mol. The van der Waals surface area contributed by atoms with Crippen molar-refractivity contribution >= 4 is 27.3 Å². The van der Waals surface area contributed by atoms with Crippen LogP contribution in [0.1, 0.15) is 11.1 Å². The highest BCUT2D eigenvalue weighted by atomic mass is 35.5. The molecule has 172 valence electrons. The van der Waals surface area contributed by atoms with Gasteiger partial charge in [-0.25, -0.2) is 8.42 Å². The van der Waals surface area contributed by atoms with Crippen LogP contribution in [0.5, 0.6) is 11.5 Å². The average molecular weight is 492 g/mol. The number of alkyl halides is 6. The maximum Gasteiger partial charge on any atom is 0.422 e. The van der Waals surface area contributed by atoms with Gasteiger partial charge in [0.25, 0.3) is 10.0 Å². The van der Waals surface area contributed by atoms with E-state index in [0.717, 1.165) is 18.2 Å². The van der Waals surface area contributed by atoms with Gasteiger partial charge in [0.15, 0.2) is 13.2 Å². The maximum atomic E-state index is 12.7. The Labute approximate surface area is 179 Å². The Bertz CT molecular complexity index is 1020. The molecular formula is C18H16ClF6NO4S. The number of hydrogen-bond donors (Lipinski definition) is 1. The van der Waals surface area contributed by atoms with Crippen LogP contribution in [-0.2, 0) is 10.0 Å². The number of nitrogens with one attached hydrogen (secondary N) is 1. The lowest BCUT2D eigenvalue weighted by atomic mass is 10.2. The molecule has 0 unspecified atom stereocenters. The standard InChI is InChI=1S/C18H16ClF6NO4S/c1-10-4-16(11(2)3-15(10)19)31(27,28)26-12-5-13(29-8-17(20,21)22)7-14(6-12)30-9-18(23,24)25/h3-7,26H,8-9H2,1-2H3. The summed E-state index contributed by atoms with van der Waals surface area (Å²) in [4.78, 5) is -0.172. The zero-order chi connectivity index (χ0) is 23.6. The van der Waals surface area contributed by atoms with Crippen molar-refractivity contribution in [1.82, 2.24) is 0 Å². The molecule has 0 aliphatic heterocycles. The number of halogens is 7. The fourth-order valence-electron chi connectivity index (χ4n) is 2.38. The zero-order valence-corrected chi connectivity index (χ0v) is 17.6. The molecule has 0 atom stereocenters.